The van der Waals surface area contributed by atoms with Crippen molar-refractivity contribution >= 4 is 28.8 Å². The molecule has 0 radical (unpaired) electrons. The first-order chi connectivity index (χ1) is 8.33. The highest BCUT2D eigenvalue weighted by atomic mass is 35.5. The molecule has 0 aliphatic heterocycles. The van der Waals surface area contributed by atoms with Crippen LogP contribution in [0, 0.1) is 0 Å². The lowest BCUT2D eigenvalue weighted by atomic mass is 10.4. The van der Waals surface area contributed by atoms with Gasteiger partial charge in [-0.2, -0.15) is 9.61 Å². The van der Waals surface area contributed by atoms with Gasteiger partial charge in [-0.05, 0) is 12.1 Å². The lowest BCUT2D eigenvalue weighted by Crippen LogP contribution is -2.01. The number of rotatable bonds is 2. The van der Waals surface area contributed by atoms with E-state index in [1.54, 1.807) is 35.2 Å². The van der Waals surface area contributed by atoms with Gasteiger partial charge in [0.1, 0.15) is 11.0 Å². The van der Waals surface area contributed by atoms with Gasteiger partial charge in [-0.15, -0.1) is 0 Å². The zero-order valence-corrected chi connectivity index (χ0v) is 9.46. The predicted octanol–water partition coefficient (Wildman–Crippen LogP) is 2.52. The van der Waals surface area contributed by atoms with Crippen molar-refractivity contribution in [3.05, 3.63) is 48.0 Å². The zero-order chi connectivity index (χ0) is 11.7. The van der Waals surface area contributed by atoms with Crippen LogP contribution in [0.1, 0.15) is 0 Å². The van der Waals surface area contributed by atoms with E-state index in [9.17, 15) is 0 Å². The SMILES string of the molecule is Clc1cc(Nc2ccncc2)n2nccc2n1. The third-order valence-electron chi connectivity index (χ3n) is 2.28. The molecule has 0 aromatic carbocycles. The molecule has 0 amide bonds. The number of nitrogens with zero attached hydrogens (tertiary/aromatic N) is 4. The Labute approximate surface area is 102 Å². The molecule has 0 spiro atoms. The van der Waals surface area contributed by atoms with Gasteiger partial charge < -0.3 is 5.32 Å². The maximum atomic E-state index is 5.94. The number of hydrogen-bond donors (Lipinski definition) is 1. The van der Waals surface area contributed by atoms with Crippen LogP contribution in [0.3, 0.4) is 0 Å². The molecule has 1 N–H and O–H groups in total. The summed E-state index contributed by atoms with van der Waals surface area (Å²) in [5.74, 6) is 0.760. The highest BCUT2D eigenvalue weighted by molar-refractivity contribution is 6.29. The summed E-state index contributed by atoms with van der Waals surface area (Å²) in [6.45, 7) is 0. The Hall–Kier alpha value is -2.14. The van der Waals surface area contributed by atoms with E-state index in [1.165, 1.54) is 0 Å². The normalized spacial score (nSPS) is 10.6. The Kier molecular flexibility index (Phi) is 2.38. The summed E-state index contributed by atoms with van der Waals surface area (Å²) in [5, 5.41) is 7.81. The number of anilines is 2. The van der Waals surface area contributed by atoms with Crippen molar-refractivity contribution in [1.82, 2.24) is 19.6 Å². The van der Waals surface area contributed by atoms with Gasteiger partial charge in [-0.3, -0.25) is 4.98 Å². The fourth-order valence-electron chi connectivity index (χ4n) is 1.55. The maximum Gasteiger partial charge on any atom is 0.159 e. The number of pyridine rings is 1. The summed E-state index contributed by atoms with van der Waals surface area (Å²) >= 11 is 5.94. The summed E-state index contributed by atoms with van der Waals surface area (Å²) in [6, 6.07) is 7.25. The third-order valence-corrected chi connectivity index (χ3v) is 2.47. The molecule has 0 aliphatic rings. The van der Waals surface area contributed by atoms with Gasteiger partial charge >= 0.3 is 0 Å². The Bertz CT molecular complexity index is 649. The molecule has 3 heterocycles. The van der Waals surface area contributed by atoms with Gasteiger partial charge in [-0.1, -0.05) is 11.6 Å². The van der Waals surface area contributed by atoms with Crippen LogP contribution in [0.2, 0.25) is 5.15 Å². The van der Waals surface area contributed by atoms with Crippen LogP contribution in [0.15, 0.2) is 42.9 Å². The number of aromatic nitrogens is 4. The highest BCUT2D eigenvalue weighted by Crippen LogP contribution is 2.19. The molecule has 0 bridgehead atoms. The number of fused-ring (bicyclic) bond motifs is 1. The minimum Gasteiger partial charge on any atom is -0.340 e. The predicted molar refractivity (Wildman–Crippen MR) is 65.5 cm³/mol. The lowest BCUT2D eigenvalue weighted by Gasteiger charge is -2.08. The van der Waals surface area contributed by atoms with Crippen molar-refractivity contribution in [2.75, 3.05) is 5.32 Å². The standard InChI is InChI=1S/C11H8ClN5/c12-9-7-11(15-8-1-4-13-5-2-8)17-10(16-9)3-6-14-17/h1-7H,(H,13,15). The maximum absolute atomic E-state index is 5.94. The largest absolute Gasteiger partial charge is 0.340 e. The number of nitrogens with one attached hydrogen (secondary N) is 1. The van der Waals surface area contributed by atoms with Crippen molar-refractivity contribution < 1.29 is 0 Å². The van der Waals surface area contributed by atoms with Crippen LogP contribution < -0.4 is 5.32 Å². The van der Waals surface area contributed by atoms with Crippen LogP contribution in [0.4, 0.5) is 11.5 Å². The van der Waals surface area contributed by atoms with Crippen molar-refractivity contribution in [1.29, 1.82) is 0 Å². The fourth-order valence-corrected chi connectivity index (χ4v) is 1.74. The highest BCUT2D eigenvalue weighted by Gasteiger charge is 2.05. The van der Waals surface area contributed by atoms with E-state index in [0.717, 1.165) is 11.5 Å². The van der Waals surface area contributed by atoms with Gasteiger partial charge in [0.15, 0.2) is 5.65 Å². The van der Waals surface area contributed by atoms with Gasteiger partial charge in [0.25, 0.3) is 0 Å². The third kappa shape index (κ3) is 1.92. The second-order valence-electron chi connectivity index (χ2n) is 3.43. The average molecular weight is 246 g/mol. The first kappa shape index (κ1) is 10.0. The molecule has 3 aromatic rings. The Morgan fingerprint density at radius 3 is 2.76 bits per heavy atom. The average Bonchev–Trinajstić information content (AvgIpc) is 2.78. The van der Waals surface area contributed by atoms with Gasteiger partial charge in [0.2, 0.25) is 0 Å². The van der Waals surface area contributed by atoms with E-state index in [1.807, 2.05) is 12.1 Å². The van der Waals surface area contributed by atoms with E-state index in [-0.39, 0.29) is 0 Å². The molecule has 3 rings (SSSR count). The van der Waals surface area contributed by atoms with Gasteiger partial charge in [0.05, 0.1) is 6.20 Å². The van der Waals surface area contributed by atoms with Gasteiger partial charge in [-0.25, -0.2) is 4.98 Å². The van der Waals surface area contributed by atoms with Crippen molar-refractivity contribution in [2.24, 2.45) is 0 Å². The molecule has 5 nitrogen and oxygen atoms in total. The molecular formula is C11H8ClN5. The lowest BCUT2D eigenvalue weighted by molar-refractivity contribution is 0.947. The van der Waals surface area contributed by atoms with E-state index in [4.69, 9.17) is 11.6 Å². The second-order valence-corrected chi connectivity index (χ2v) is 3.81. The summed E-state index contributed by atoms with van der Waals surface area (Å²) in [4.78, 5) is 8.11. The smallest absolute Gasteiger partial charge is 0.159 e. The molecule has 0 saturated heterocycles. The molecular weight excluding hydrogens is 238 g/mol. The minimum atomic E-state index is 0.426. The zero-order valence-electron chi connectivity index (χ0n) is 8.71. The summed E-state index contributed by atoms with van der Waals surface area (Å²) in [5.41, 5.74) is 1.62. The first-order valence-electron chi connectivity index (χ1n) is 5.00. The van der Waals surface area contributed by atoms with E-state index in [0.29, 0.717) is 10.8 Å². The number of halogens is 1. The molecule has 17 heavy (non-hydrogen) atoms. The first-order valence-corrected chi connectivity index (χ1v) is 5.38. The van der Waals surface area contributed by atoms with Crippen LogP contribution in [-0.4, -0.2) is 19.6 Å². The van der Waals surface area contributed by atoms with Crippen LogP contribution in [0.25, 0.3) is 5.65 Å². The molecule has 3 aromatic heterocycles. The summed E-state index contributed by atoms with van der Waals surface area (Å²) < 4.78 is 1.69. The minimum absolute atomic E-state index is 0.426. The van der Waals surface area contributed by atoms with Crippen LogP contribution in [0.5, 0.6) is 0 Å². The number of hydrogen-bond acceptors (Lipinski definition) is 4. The van der Waals surface area contributed by atoms with Crippen molar-refractivity contribution in [2.45, 2.75) is 0 Å². The van der Waals surface area contributed by atoms with Crippen molar-refractivity contribution in [3.63, 3.8) is 0 Å². The molecule has 0 atom stereocenters. The van der Waals surface area contributed by atoms with E-state index < -0.39 is 0 Å². The Balaban J connectivity index is 2.08. The monoisotopic (exact) mass is 245 g/mol. The summed E-state index contributed by atoms with van der Waals surface area (Å²) in [7, 11) is 0. The van der Waals surface area contributed by atoms with Crippen molar-refractivity contribution in [3.8, 4) is 0 Å². The quantitative estimate of drug-likeness (QED) is 0.705. The molecule has 0 saturated carbocycles. The second kappa shape index (κ2) is 4.03. The Morgan fingerprint density at radius 2 is 1.94 bits per heavy atom. The fraction of sp³-hybridized carbons (Fsp3) is 0. The molecule has 0 unspecified atom stereocenters. The molecule has 0 fully saturated rings. The van der Waals surface area contributed by atoms with E-state index in [2.05, 4.69) is 20.4 Å². The van der Waals surface area contributed by atoms with Crippen LogP contribution >= 0.6 is 11.6 Å². The Morgan fingerprint density at radius 1 is 1.12 bits per heavy atom. The molecule has 6 heteroatoms. The summed E-state index contributed by atoms with van der Waals surface area (Å²) in [6.07, 6.45) is 5.10. The molecule has 84 valence electrons. The van der Waals surface area contributed by atoms with Gasteiger partial charge in [0, 0.05) is 30.2 Å². The molecule has 0 aliphatic carbocycles. The van der Waals surface area contributed by atoms with Crippen LogP contribution in [-0.2, 0) is 0 Å². The topological polar surface area (TPSA) is 55.1 Å². The van der Waals surface area contributed by atoms with E-state index >= 15 is 0 Å².